The Balaban J connectivity index is 2.79. The minimum atomic E-state index is -3.88. The minimum absolute atomic E-state index is 0.536. The van der Waals surface area contributed by atoms with Crippen LogP contribution in [0.5, 0.6) is 0 Å². The standard InChI is InChI=1S/C12H14ClNO5S/c1-19-12(16)11(8-15)14-20(17,18)7-6-9-2-4-10(13)5-3-9/h2-7,11,14-15H,8H2,1H3/b7-6+. The second-order valence-electron chi connectivity index (χ2n) is 3.78. The van der Waals surface area contributed by atoms with E-state index in [0.717, 1.165) is 12.5 Å². The number of methoxy groups -OCH3 is 1. The average Bonchev–Trinajstić information content (AvgIpc) is 2.43. The lowest BCUT2D eigenvalue weighted by Gasteiger charge is -2.11. The van der Waals surface area contributed by atoms with Gasteiger partial charge in [-0.3, -0.25) is 4.79 Å². The van der Waals surface area contributed by atoms with Crippen molar-refractivity contribution in [3.8, 4) is 0 Å². The predicted octanol–water partition coefficient (Wildman–Crippen LogP) is 0.764. The molecule has 0 fully saturated rings. The largest absolute Gasteiger partial charge is 0.468 e. The number of aliphatic hydroxyl groups is 1. The van der Waals surface area contributed by atoms with Crippen LogP contribution in [0, 0.1) is 0 Å². The zero-order valence-electron chi connectivity index (χ0n) is 10.6. The Morgan fingerprint density at radius 2 is 2.05 bits per heavy atom. The van der Waals surface area contributed by atoms with Crippen molar-refractivity contribution in [2.45, 2.75) is 6.04 Å². The van der Waals surface area contributed by atoms with E-state index in [9.17, 15) is 13.2 Å². The highest BCUT2D eigenvalue weighted by Crippen LogP contribution is 2.11. The minimum Gasteiger partial charge on any atom is -0.468 e. The third-order valence-corrected chi connectivity index (χ3v) is 3.64. The van der Waals surface area contributed by atoms with Gasteiger partial charge in [0, 0.05) is 10.4 Å². The van der Waals surface area contributed by atoms with Gasteiger partial charge in [-0.2, -0.15) is 4.72 Å². The Kier molecular flexibility index (Phi) is 6.15. The van der Waals surface area contributed by atoms with Crippen LogP contribution in [-0.2, 0) is 19.6 Å². The zero-order chi connectivity index (χ0) is 15.2. The molecule has 110 valence electrons. The van der Waals surface area contributed by atoms with Gasteiger partial charge in [0.2, 0.25) is 10.0 Å². The number of carbonyl (C=O) groups is 1. The SMILES string of the molecule is COC(=O)C(CO)NS(=O)(=O)/C=C/c1ccc(Cl)cc1. The normalized spacial score (nSPS) is 13.3. The number of benzene rings is 1. The Morgan fingerprint density at radius 1 is 1.45 bits per heavy atom. The highest BCUT2D eigenvalue weighted by atomic mass is 35.5. The fourth-order valence-electron chi connectivity index (χ4n) is 1.28. The van der Waals surface area contributed by atoms with Gasteiger partial charge in [-0.05, 0) is 23.8 Å². The van der Waals surface area contributed by atoms with Crippen LogP contribution >= 0.6 is 11.6 Å². The molecule has 0 heterocycles. The van der Waals surface area contributed by atoms with E-state index in [1.54, 1.807) is 24.3 Å². The van der Waals surface area contributed by atoms with Crippen LogP contribution in [0.1, 0.15) is 5.56 Å². The molecule has 1 atom stereocenters. The monoisotopic (exact) mass is 319 g/mol. The molecule has 1 aromatic rings. The van der Waals surface area contributed by atoms with Crippen molar-refractivity contribution in [3.05, 3.63) is 40.3 Å². The van der Waals surface area contributed by atoms with Crippen LogP contribution in [0.25, 0.3) is 6.08 Å². The summed E-state index contributed by atoms with van der Waals surface area (Å²) in [7, 11) is -2.78. The highest BCUT2D eigenvalue weighted by Gasteiger charge is 2.22. The number of hydrogen-bond donors (Lipinski definition) is 2. The van der Waals surface area contributed by atoms with E-state index in [4.69, 9.17) is 16.7 Å². The van der Waals surface area contributed by atoms with Crippen molar-refractivity contribution in [1.82, 2.24) is 4.72 Å². The lowest BCUT2D eigenvalue weighted by molar-refractivity contribution is -0.143. The number of nitrogens with one attached hydrogen (secondary N) is 1. The van der Waals surface area contributed by atoms with Crippen molar-refractivity contribution in [1.29, 1.82) is 0 Å². The third-order valence-electron chi connectivity index (χ3n) is 2.28. The van der Waals surface area contributed by atoms with Crippen molar-refractivity contribution >= 4 is 33.7 Å². The van der Waals surface area contributed by atoms with Gasteiger partial charge in [0.25, 0.3) is 0 Å². The number of hydrogen-bond acceptors (Lipinski definition) is 5. The number of ether oxygens (including phenoxy) is 1. The predicted molar refractivity (Wildman–Crippen MR) is 75.4 cm³/mol. The molecular weight excluding hydrogens is 306 g/mol. The topological polar surface area (TPSA) is 92.7 Å². The van der Waals surface area contributed by atoms with E-state index in [2.05, 4.69) is 4.74 Å². The summed E-state index contributed by atoms with van der Waals surface area (Å²) in [6.07, 6.45) is 1.34. The first kappa shape index (κ1) is 16.6. The maximum absolute atomic E-state index is 11.7. The van der Waals surface area contributed by atoms with Crippen LogP contribution in [0.4, 0.5) is 0 Å². The van der Waals surface area contributed by atoms with Crippen LogP contribution in [-0.4, -0.2) is 39.3 Å². The Bertz CT molecular complexity index is 582. The summed E-state index contributed by atoms with van der Waals surface area (Å²) in [6, 6.07) is 5.18. The molecule has 8 heteroatoms. The Labute approximate surface area is 122 Å². The molecule has 0 amide bonds. The molecule has 0 aliphatic carbocycles. The Hall–Kier alpha value is -1.41. The quantitative estimate of drug-likeness (QED) is 0.755. The van der Waals surface area contributed by atoms with Crippen molar-refractivity contribution in [3.63, 3.8) is 0 Å². The maximum Gasteiger partial charge on any atom is 0.326 e. The molecule has 0 saturated carbocycles. The third kappa shape index (κ3) is 5.30. The van der Waals surface area contributed by atoms with E-state index in [1.807, 2.05) is 4.72 Å². The molecular formula is C12H14ClNO5S. The lowest BCUT2D eigenvalue weighted by Crippen LogP contribution is -2.43. The molecule has 20 heavy (non-hydrogen) atoms. The first-order valence-corrected chi connectivity index (χ1v) is 7.45. The fourth-order valence-corrected chi connectivity index (χ4v) is 2.39. The summed E-state index contributed by atoms with van der Waals surface area (Å²) in [5, 5.41) is 10.4. The molecule has 0 bridgehead atoms. The highest BCUT2D eigenvalue weighted by molar-refractivity contribution is 7.92. The summed E-state index contributed by atoms with van der Waals surface area (Å²) >= 11 is 5.71. The molecule has 2 N–H and O–H groups in total. The van der Waals surface area contributed by atoms with E-state index < -0.39 is 28.6 Å². The summed E-state index contributed by atoms with van der Waals surface area (Å²) in [5.74, 6) is -0.865. The van der Waals surface area contributed by atoms with Gasteiger partial charge >= 0.3 is 5.97 Å². The van der Waals surface area contributed by atoms with Gasteiger partial charge in [0.1, 0.15) is 6.04 Å². The number of aliphatic hydroxyl groups excluding tert-OH is 1. The van der Waals surface area contributed by atoms with E-state index in [-0.39, 0.29) is 0 Å². The molecule has 1 aromatic carbocycles. The second kappa shape index (κ2) is 7.39. The number of rotatable bonds is 6. The molecule has 1 rings (SSSR count). The van der Waals surface area contributed by atoms with Gasteiger partial charge in [-0.15, -0.1) is 0 Å². The lowest BCUT2D eigenvalue weighted by atomic mass is 10.2. The molecule has 0 spiro atoms. The molecule has 0 aliphatic rings. The van der Waals surface area contributed by atoms with Crippen LogP contribution in [0.15, 0.2) is 29.7 Å². The summed E-state index contributed by atoms with van der Waals surface area (Å²) in [6.45, 7) is -0.694. The van der Waals surface area contributed by atoms with Crippen molar-refractivity contribution in [2.75, 3.05) is 13.7 Å². The second-order valence-corrected chi connectivity index (χ2v) is 5.81. The molecule has 0 radical (unpaired) electrons. The van der Waals surface area contributed by atoms with E-state index >= 15 is 0 Å². The average molecular weight is 320 g/mol. The van der Waals surface area contributed by atoms with Crippen LogP contribution in [0.2, 0.25) is 5.02 Å². The molecule has 0 aliphatic heterocycles. The van der Waals surface area contributed by atoms with Crippen LogP contribution < -0.4 is 4.72 Å². The Morgan fingerprint density at radius 3 is 2.55 bits per heavy atom. The van der Waals surface area contributed by atoms with E-state index in [1.165, 1.54) is 6.08 Å². The molecule has 0 aromatic heterocycles. The fraction of sp³-hybridized carbons (Fsp3) is 0.250. The molecule has 0 saturated heterocycles. The number of esters is 1. The summed E-state index contributed by atoms with van der Waals surface area (Å²) in [5.41, 5.74) is 0.624. The van der Waals surface area contributed by atoms with Crippen molar-refractivity contribution in [2.24, 2.45) is 0 Å². The van der Waals surface area contributed by atoms with Gasteiger partial charge < -0.3 is 9.84 Å². The zero-order valence-corrected chi connectivity index (χ0v) is 12.2. The number of sulfonamides is 1. The molecule has 6 nitrogen and oxygen atoms in total. The first-order valence-electron chi connectivity index (χ1n) is 5.52. The maximum atomic E-state index is 11.7. The summed E-state index contributed by atoms with van der Waals surface area (Å²) < 4.78 is 29.8. The molecule has 1 unspecified atom stereocenters. The summed E-state index contributed by atoms with van der Waals surface area (Å²) in [4.78, 5) is 11.2. The van der Waals surface area contributed by atoms with Crippen molar-refractivity contribution < 1.29 is 23.1 Å². The van der Waals surface area contributed by atoms with Gasteiger partial charge in [0.05, 0.1) is 13.7 Å². The van der Waals surface area contributed by atoms with E-state index in [0.29, 0.717) is 10.6 Å². The van der Waals surface area contributed by atoms with Crippen LogP contribution in [0.3, 0.4) is 0 Å². The van der Waals surface area contributed by atoms with Gasteiger partial charge in [0.15, 0.2) is 0 Å². The number of halogens is 1. The van der Waals surface area contributed by atoms with Gasteiger partial charge in [-0.25, -0.2) is 8.42 Å². The smallest absolute Gasteiger partial charge is 0.326 e. The van der Waals surface area contributed by atoms with Gasteiger partial charge in [-0.1, -0.05) is 23.7 Å². The first-order chi connectivity index (χ1) is 9.38. The number of carbonyl (C=O) groups excluding carboxylic acids is 1.